The SMILES string of the molecule is NC(=O)c1cc(N)ccc1F.NC(=O)c1cc(NC(=O)c2c(F)cncc2F)ccc1F.O=C(O)c1c(F)cncc1F. The highest BCUT2D eigenvalue weighted by Crippen LogP contribution is 2.17. The molecule has 0 aliphatic carbocycles. The molecule has 0 radical (unpaired) electrons. The van der Waals surface area contributed by atoms with E-state index in [2.05, 4.69) is 15.3 Å². The maximum Gasteiger partial charge on any atom is 0.341 e. The van der Waals surface area contributed by atoms with Gasteiger partial charge in [-0.3, -0.25) is 24.4 Å². The number of carboxylic acids is 1. The standard InChI is InChI=1S/C13H8F3N3O2.C7H7FN2O.C6H3F2NO2/c14-8-2-1-6(3-7(8)12(17)20)19-13(21)11-9(15)4-18-5-10(11)16;8-6-2-1-4(9)3-5(6)7(10)11;7-3-1-9-2-4(8)5(3)6(10)11/h1-5H,(H2,17,20)(H,19,21);1-3H,9H2,(H2,10,11);1-2H,(H,10,11). The molecule has 0 fully saturated rings. The molecule has 0 saturated carbocycles. The smallest absolute Gasteiger partial charge is 0.341 e. The van der Waals surface area contributed by atoms with E-state index in [1.807, 2.05) is 0 Å². The summed E-state index contributed by atoms with van der Waals surface area (Å²) in [5, 5.41) is 10.4. The lowest BCUT2D eigenvalue weighted by Gasteiger charge is -2.08. The van der Waals surface area contributed by atoms with Gasteiger partial charge in [0.1, 0.15) is 22.8 Å². The van der Waals surface area contributed by atoms with Gasteiger partial charge in [-0.25, -0.2) is 31.1 Å². The number of primary amides is 2. The van der Waals surface area contributed by atoms with Crippen molar-refractivity contribution in [2.24, 2.45) is 11.5 Å². The Bertz CT molecular complexity index is 1670. The fraction of sp³-hybridized carbons (Fsp3) is 0. The number of carbonyl (C=O) groups is 4. The lowest BCUT2D eigenvalue weighted by molar-refractivity contribution is 0.0685. The second-order valence-corrected chi connectivity index (χ2v) is 7.88. The molecule has 2 aromatic carbocycles. The second kappa shape index (κ2) is 14.6. The van der Waals surface area contributed by atoms with Crippen LogP contribution in [0.3, 0.4) is 0 Å². The van der Waals surface area contributed by atoms with Crippen molar-refractivity contribution in [3.05, 3.63) is 118 Å². The van der Waals surface area contributed by atoms with Gasteiger partial charge >= 0.3 is 5.97 Å². The molecule has 0 bridgehead atoms. The maximum absolute atomic E-state index is 13.4. The first-order valence-electron chi connectivity index (χ1n) is 11.2. The number of hydrogen-bond acceptors (Lipinski definition) is 7. The molecule has 17 heteroatoms. The Labute approximate surface area is 237 Å². The molecule has 0 spiro atoms. The van der Waals surface area contributed by atoms with Crippen LogP contribution in [-0.4, -0.2) is 38.8 Å². The molecule has 224 valence electrons. The number of pyridine rings is 2. The highest BCUT2D eigenvalue weighted by Gasteiger charge is 2.19. The number of amides is 3. The van der Waals surface area contributed by atoms with Gasteiger partial charge in [0.15, 0.2) is 23.3 Å². The highest BCUT2D eigenvalue weighted by molar-refractivity contribution is 6.05. The number of anilines is 2. The van der Waals surface area contributed by atoms with Crippen molar-refractivity contribution in [3.8, 4) is 0 Å². The van der Waals surface area contributed by atoms with Crippen molar-refractivity contribution in [1.82, 2.24) is 9.97 Å². The topological polar surface area (TPSA) is 204 Å². The third-order valence-electron chi connectivity index (χ3n) is 4.89. The predicted octanol–water partition coefficient (Wildman–Crippen LogP) is 3.41. The molecule has 3 amide bonds. The molecule has 0 saturated heterocycles. The van der Waals surface area contributed by atoms with Crippen molar-refractivity contribution >= 4 is 35.1 Å². The zero-order valence-corrected chi connectivity index (χ0v) is 21.2. The number of halogens is 6. The van der Waals surface area contributed by atoms with E-state index < -0.39 is 75.3 Å². The van der Waals surface area contributed by atoms with Crippen LogP contribution in [0.1, 0.15) is 41.4 Å². The second-order valence-electron chi connectivity index (χ2n) is 7.88. The molecule has 2 aromatic heterocycles. The van der Waals surface area contributed by atoms with Gasteiger partial charge in [0.25, 0.3) is 17.7 Å². The van der Waals surface area contributed by atoms with Gasteiger partial charge in [-0.1, -0.05) is 0 Å². The summed E-state index contributed by atoms with van der Waals surface area (Å²) in [7, 11) is 0. The highest BCUT2D eigenvalue weighted by atomic mass is 19.2. The summed E-state index contributed by atoms with van der Waals surface area (Å²) in [6.45, 7) is 0. The molecular weight excluding hydrogens is 590 g/mol. The molecule has 11 nitrogen and oxygen atoms in total. The fourth-order valence-corrected chi connectivity index (χ4v) is 2.96. The van der Waals surface area contributed by atoms with Gasteiger partial charge in [0.05, 0.1) is 35.9 Å². The summed E-state index contributed by atoms with van der Waals surface area (Å²) in [4.78, 5) is 49.8. The summed E-state index contributed by atoms with van der Waals surface area (Å²) in [6, 6.07) is 6.66. The Hall–Kier alpha value is -6.00. The average molecular weight is 608 g/mol. The van der Waals surface area contributed by atoms with Crippen LogP contribution in [0.5, 0.6) is 0 Å². The van der Waals surface area contributed by atoms with Gasteiger partial charge in [0, 0.05) is 11.4 Å². The third-order valence-corrected chi connectivity index (χ3v) is 4.89. The van der Waals surface area contributed by atoms with Crippen LogP contribution in [-0.2, 0) is 0 Å². The first kappa shape index (κ1) is 33.2. The van der Waals surface area contributed by atoms with E-state index in [1.165, 1.54) is 12.1 Å². The number of nitrogens with zero attached hydrogens (tertiary/aromatic N) is 2. The zero-order chi connectivity index (χ0) is 32.4. The first-order chi connectivity index (χ1) is 20.1. The maximum atomic E-state index is 13.4. The fourth-order valence-electron chi connectivity index (χ4n) is 2.96. The molecule has 0 aliphatic rings. The van der Waals surface area contributed by atoms with Crippen LogP contribution < -0.4 is 22.5 Å². The van der Waals surface area contributed by atoms with E-state index in [0.717, 1.165) is 24.3 Å². The molecule has 43 heavy (non-hydrogen) atoms. The number of rotatable bonds is 5. The third kappa shape index (κ3) is 9.00. The number of benzene rings is 2. The number of hydrogen-bond donors (Lipinski definition) is 5. The minimum atomic E-state index is -1.64. The lowest BCUT2D eigenvalue weighted by Crippen LogP contribution is -2.18. The van der Waals surface area contributed by atoms with Crippen LogP contribution in [0.15, 0.2) is 61.2 Å². The molecule has 0 aliphatic heterocycles. The zero-order valence-electron chi connectivity index (χ0n) is 21.2. The monoisotopic (exact) mass is 608 g/mol. The minimum absolute atomic E-state index is 0.0363. The van der Waals surface area contributed by atoms with Crippen molar-refractivity contribution in [1.29, 1.82) is 0 Å². The predicted molar refractivity (Wildman–Crippen MR) is 137 cm³/mol. The molecule has 0 unspecified atom stereocenters. The number of nitrogen functional groups attached to an aromatic ring is 1. The van der Waals surface area contributed by atoms with Gasteiger partial charge in [-0.15, -0.1) is 0 Å². The van der Waals surface area contributed by atoms with Crippen molar-refractivity contribution in [3.63, 3.8) is 0 Å². The lowest BCUT2D eigenvalue weighted by atomic mass is 10.1. The Balaban J connectivity index is 0.000000247. The number of aromatic carboxylic acids is 1. The van der Waals surface area contributed by atoms with Crippen LogP contribution in [0.4, 0.5) is 37.7 Å². The molecule has 4 rings (SSSR count). The van der Waals surface area contributed by atoms with Gasteiger partial charge in [-0.05, 0) is 36.4 Å². The average Bonchev–Trinajstić information content (AvgIpc) is 2.91. The van der Waals surface area contributed by atoms with E-state index in [0.29, 0.717) is 30.5 Å². The number of carboxylic acid groups (broad SMARTS) is 1. The van der Waals surface area contributed by atoms with Crippen LogP contribution in [0.25, 0.3) is 0 Å². The summed E-state index contributed by atoms with van der Waals surface area (Å²) in [5.41, 5.74) is 12.9. The number of aromatic nitrogens is 2. The van der Waals surface area contributed by atoms with Crippen molar-refractivity contribution in [2.45, 2.75) is 0 Å². The van der Waals surface area contributed by atoms with Crippen LogP contribution >= 0.6 is 0 Å². The minimum Gasteiger partial charge on any atom is -0.477 e. The van der Waals surface area contributed by atoms with Gasteiger partial charge in [0.2, 0.25) is 0 Å². The Morgan fingerprint density at radius 2 is 1.05 bits per heavy atom. The van der Waals surface area contributed by atoms with Gasteiger partial charge in [-0.2, -0.15) is 0 Å². The summed E-state index contributed by atoms with van der Waals surface area (Å²) < 4.78 is 77.5. The Kier molecular flexibility index (Phi) is 11.3. The van der Waals surface area contributed by atoms with E-state index in [-0.39, 0.29) is 11.3 Å². The number of nitrogens with two attached hydrogens (primary N) is 3. The first-order valence-corrected chi connectivity index (χ1v) is 11.2. The van der Waals surface area contributed by atoms with Crippen molar-refractivity contribution < 1.29 is 50.6 Å². The quantitative estimate of drug-likeness (QED) is 0.167. The summed E-state index contributed by atoms with van der Waals surface area (Å²) >= 11 is 0. The van der Waals surface area contributed by atoms with E-state index in [9.17, 15) is 45.5 Å². The molecule has 2 heterocycles. The Morgan fingerprint density at radius 1 is 0.628 bits per heavy atom. The molecular formula is C26H18F6N6O5. The normalized spacial score (nSPS) is 9.91. The van der Waals surface area contributed by atoms with Crippen molar-refractivity contribution in [2.75, 3.05) is 11.1 Å². The van der Waals surface area contributed by atoms with E-state index in [1.54, 1.807) is 0 Å². The van der Waals surface area contributed by atoms with Crippen LogP contribution in [0.2, 0.25) is 0 Å². The van der Waals surface area contributed by atoms with Crippen LogP contribution in [0, 0.1) is 34.9 Å². The number of nitrogens with one attached hydrogen (secondary N) is 1. The molecule has 0 atom stereocenters. The van der Waals surface area contributed by atoms with Gasteiger partial charge < -0.3 is 27.6 Å². The summed E-state index contributed by atoms with van der Waals surface area (Å²) in [6.07, 6.45) is 2.65. The number of carbonyl (C=O) groups excluding carboxylic acids is 3. The molecule has 4 aromatic rings. The van der Waals surface area contributed by atoms with E-state index >= 15 is 0 Å². The largest absolute Gasteiger partial charge is 0.477 e. The summed E-state index contributed by atoms with van der Waals surface area (Å²) in [5.74, 6) is -10.7. The Morgan fingerprint density at radius 3 is 1.44 bits per heavy atom. The van der Waals surface area contributed by atoms with E-state index in [4.69, 9.17) is 22.3 Å². The molecule has 8 N–H and O–H groups in total.